The summed E-state index contributed by atoms with van der Waals surface area (Å²) >= 11 is 0.790. The first-order valence-electron chi connectivity index (χ1n) is 5.92. The van der Waals surface area contributed by atoms with Crippen LogP contribution in [0.2, 0.25) is 0 Å². The van der Waals surface area contributed by atoms with E-state index in [1.807, 2.05) is 21.1 Å². The second-order valence-corrected chi connectivity index (χ2v) is 7.68. The summed E-state index contributed by atoms with van der Waals surface area (Å²) in [5.74, 6) is -0.570. The summed E-state index contributed by atoms with van der Waals surface area (Å²) in [5.41, 5.74) is 0.0669. The lowest BCUT2D eigenvalue weighted by Gasteiger charge is -2.23. The molecule has 0 atom stereocenters. The number of halogens is 2. The summed E-state index contributed by atoms with van der Waals surface area (Å²) < 4.78 is 48.7. The zero-order chi connectivity index (χ0) is 15.0. The van der Waals surface area contributed by atoms with Gasteiger partial charge >= 0.3 is 0 Å². The van der Waals surface area contributed by atoms with Crippen LogP contribution in [0.5, 0.6) is 0 Å². The Kier molecular flexibility index (Phi) is 5.62. The minimum absolute atomic E-state index is 0. The predicted molar refractivity (Wildman–Crippen MR) is 75.5 cm³/mol. The highest BCUT2D eigenvalue weighted by Crippen LogP contribution is 2.23. The summed E-state index contributed by atoms with van der Waals surface area (Å²) in [6, 6.07) is 2.31. The van der Waals surface area contributed by atoms with Crippen molar-refractivity contribution in [2.45, 2.75) is 4.90 Å². The zero-order valence-corrected chi connectivity index (χ0v) is 14.2. The molecule has 0 aliphatic carbocycles. The third kappa shape index (κ3) is 4.30. The van der Waals surface area contributed by atoms with Crippen LogP contribution >= 0.6 is 11.7 Å². The molecule has 0 spiro atoms. The molecule has 1 aromatic carbocycles. The molecular weight excluding hydrogens is 339 g/mol. The number of benzene rings is 1. The first-order valence-corrected chi connectivity index (χ1v) is 8.13. The minimum atomic E-state index is -3.72. The molecule has 2 rings (SSSR count). The number of hydrogen-bond donors (Lipinski definition) is 1. The molecule has 6 nitrogen and oxygen atoms in total. The Hall–Kier alpha value is -0.870. The van der Waals surface area contributed by atoms with E-state index in [9.17, 15) is 12.8 Å². The molecule has 0 saturated carbocycles. The Balaban J connectivity index is 0.00000220. The predicted octanol–water partition coefficient (Wildman–Crippen LogP) is -2.18. The molecule has 1 N–H and O–H groups in total. The van der Waals surface area contributed by atoms with E-state index in [1.165, 1.54) is 6.07 Å². The van der Waals surface area contributed by atoms with Gasteiger partial charge in [0.05, 0.1) is 46.0 Å². The van der Waals surface area contributed by atoms with Gasteiger partial charge in [-0.05, 0) is 12.1 Å². The van der Waals surface area contributed by atoms with Gasteiger partial charge in [-0.1, -0.05) is 0 Å². The van der Waals surface area contributed by atoms with Crippen LogP contribution in [-0.2, 0) is 10.0 Å². The summed E-state index contributed by atoms with van der Waals surface area (Å²) in [7, 11) is 2.18. The van der Waals surface area contributed by atoms with Crippen molar-refractivity contribution in [1.82, 2.24) is 13.5 Å². The fourth-order valence-electron chi connectivity index (χ4n) is 1.62. The van der Waals surface area contributed by atoms with Crippen LogP contribution in [0.3, 0.4) is 0 Å². The number of hydrogen-bond acceptors (Lipinski definition) is 5. The van der Waals surface area contributed by atoms with E-state index in [0.29, 0.717) is 17.6 Å². The molecular formula is C11H16ClFN4O2S2. The minimum Gasteiger partial charge on any atom is -1.00 e. The number of sulfonamides is 1. The van der Waals surface area contributed by atoms with E-state index < -0.39 is 15.8 Å². The van der Waals surface area contributed by atoms with Crippen LogP contribution in [-0.4, -0.2) is 55.9 Å². The summed E-state index contributed by atoms with van der Waals surface area (Å²) in [4.78, 5) is -0.0379. The van der Waals surface area contributed by atoms with Gasteiger partial charge in [-0.25, -0.2) is 17.5 Å². The van der Waals surface area contributed by atoms with Crippen LogP contribution in [0, 0.1) is 5.82 Å². The molecule has 0 bridgehead atoms. The molecule has 0 amide bonds. The van der Waals surface area contributed by atoms with Gasteiger partial charge in [-0.2, -0.15) is 8.75 Å². The van der Waals surface area contributed by atoms with Gasteiger partial charge in [0, 0.05) is 0 Å². The Labute approximate surface area is 133 Å². The Bertz CT molecular complexity index is 727. The van der Waals surface area contributed by atoms with Crippen LogP contribution in [0.4, 0.5) is 4.39 Å². The van der Waals surface area contributed by atoms with Gasteiger partial charge in [-0.3, -0.25) is 0 Å². The molecule has 1 heterocycles. The van der Waals surface area contributed by atoms with Gasteiger partial charge in [0.1, 0.15) is 15.9 Å². The highest BCUT2D eigenvalue weighted by atomic mass is 35.5. The smallest absolute Gasteiger partial charge is 0.243 e. The van der Waals surface area contributed by atoms with Crippen LogP contribution in [0.1, 0.15) is 0 Å². The van der Waals surface area contributed by atoms with Crippen molar-refractivity contribution < 1.29 is 29.7 Å². The number of fused-ring (bicyclic) bond motifs is 1. The van der Waals surface area contributed by atoms with Crippen molar-refractivity contribution in [3.63, 3.8) is 0 Å². The van der Waals surface area contributed by atoms with Gasteiger partial charge in [0.2, 0.25) is 10.0 Å². The van der Waals surface area contributed by atoms with E-state index in [4.69, 9.17) is 0 Å². The highest BCUT2D eigenvalue weighted by molar-refractivity contribution is 7.89. The monoisotopic (exact) mass is 354 g/mol. The normalized spacial score (nSPS) is 12.4. The number of aromatic nitrogens is 2. The first-order chi connectivity index (χ1) is 9.21. The topological polar surface area (TPSA) is 72.0 Å². The second kappa shape index (κ2) is 6.49. The average molecular weight is 355 g/mol. The van der Waals surface area contributed by atoms with Gasteiger partial charge in [0.15, 0.2) is 5.82 Å². The zero-order valence-electron chi connectivity index (χ0n) is 11.8. The van der Waals surface area contributed by atoms with E-state index >= 15 is 0 Å². The number of rotatable bonds is 5. The number of likely N-dealkylation sites (N-methyl/N-ethyl adjacent to an activating group) is 1. The molecule has 21 heavy (non-hydrogen) atoms. The maximum Gasteiger partial charge on any atom is 0.243 e. The van der Waals surface area contributed by atoms with Crippen LogP contribution in [0.15, 0.2) is 17.0 Å². The van der Waals surface area contributed by atoms with E-state index in [-0.39, 0.29) is 28.3 Å². The van der Waals surface area contributed by atoms with E-state index in [1.54, 1.807) is 0 Å². The summed E-state index contributed by atoms with van der Waals surface area (Å²) in [6.45, 7) is 0.932. The van der Waals surface area contributed by atoms with Crippen molar-refractivity contribution in [1.29, 1.82) is 0 Å². The molecule has 2 aromatic rings. The van der Waals surface area contributed by atoms with Crippen molar-refractivity contribution in [2.75, 3.05) is 34.2 Å². The summed E-state index contributed by atoms with van der Waals surface area (Å²) in [5, 5.41) is 0. The SMILES string of the molecule is C[N+](C)(C)CCNS(=O)(=O)c1ccc(F)c2nsnc12.[Cl-]. The molecule has 118 valence electrons. The van der Waals surface area contributed by atoms with E-state index in [0.717, 1.165) is 17.8 Å². The van der Waals surface area contributed by atoms with Crippen molar-refractivity contribution in [3.05, 3.63) is 17.9 Å². The molecule has 0 radical (unpaired) electrons. The molecule has 0 fully saturated rings. The molecule has 0 saturated heterocycles. The fourth-order valence-corrected chi connectivity index (χ4v) is 3.40. The van der Waals surface area contributed by atoms with Crippen molar-refractivity contribution in [3.8, 4) is 0 Å². The van der Waals surface area contributed by atoms with Gasteiger partial charge < -0.3 is 16.9 Å². The lowest BCUT2D eigenvalue weighted by molar-refractivity contribution is -0.869. The number of nitrogens with one attached hydrogen (secondary N) is 1. The van der Waals surface area contributed by atoms with Gasteiger partial charge in [-0.15, -0.1) is 0 Å². The third-order valence-corrected chi connectivity index (χ3v) is 4.71. The van der Waals surface area contributed by atoms with Gasteiger partial charge in [0.25, 0.3) is 0 Å². The first kappa shape index (κ1) is 18.2. The maximum atomic E-state index is 13.5. The second-order valence-electron chi connectivity index (χ2n) is 5.42. The highest BCUT2D eigenvalue weighted by Gasteiger charge is 2.22. The van der Waals surface area contributed by atoms with E-state index in [2.05, 4.69) is 13.5 Å². The Morgan fingerprint density at radius 1 is 1.24 bits per heavy atom. The Morgan fingerprint density at radius 2 is 1.86 bits per heavy atom. The molecule has 1 aromatic heterocycles. The molecule has 0 unspecified atom stereocenters. The number of quaternary nitrogens is 1. The van der Waals surface area contributed by atoms with Crippen molar-refractivity contribution in [2.24, 2.45) is 0 Å². The molecule has 0 aliphatic rings. The lowest BCUT2D eigenvalue weighted by atomic mass is 10.3. The van der Waals surface area contributed by atoms with Crippen LogP contribution < -0.4 is 17.1 Å². The summed E-state index contributed by atoms with van der Waals surface area (Å²) in [6.07, 6.45) is 0. The standard InChI is InChI=1S/C11H16FN4O2S2.ClH/c1-16(2,3)7-6-13-20(17,18)9-5-4-8(12)10-11(9)15-19-14-10;/h4-5,13H,6-7H2,1-3H3;1H/q+1;/p-1. The quantitative estimate of drug-likeness (QED) is 0.620. The number of nitrogens with zero attached hydrogens (tertiary/aromatic N) is 3. The van der Waals surface area contributed by atoms with Crippen LogP contribution in [0.25, 0.3) is 11.0 Å². The Morgan fingerprint density at radius 3 is 2.48 bits per heavy atom. The lowest BCUT2D eigenvalue weighted by Crippen LogP contribution is -3.00. The maximum absolute atomic E-state index is 13.5. The molecule has 0 aliphatic heterocycles. The average Bonchev–Trinajstić information content (AvgIpc) is 2.76. The molecule has 10 heteroatoms. The van der Waals surface area contributed by atoms with Crippen molar-refractivity contribution >= 4 is 32.8 Å². The third-order valence-electron chi connectivity index (χ3n) is 2.69. The largest absolute Gasteiger partial charge is 1.00 e. The fraction of sp³-hybridized carbons (Fsp3) is 0.455.